The Kier molecular flexibility index (Phi) is 3.97. The third kappa shape index (κ3) is 3.15. The van der Waals surface area contributed by atoms with E-state index >= 15 is 0 Å². The van der Waals surface area contributed by atoms with Crippen molar-refractivity contribution in [2.45, 2.75) is 6.92 Å². The van der Waals surface area contributed by atoms with Gasteiger partial charge >= 0.3 is 5.69 Å². The number of rotatable bonds is 3. The molecule has 116 valence electrons. The number of benzene rings is 2. The fourth-order valence-corrected chi connectivity index (χ4v) is 3.17. The number of aromatic hydroxyl groups is 1. The molecule has 0 aliphatic carbocycles. The number of halogens is 1. The Hall–Kier alpha value is -2.51. The average Bonchev–Trinajstić information content (AvgIpc) is 2.89. The molecule has 0 fully saturated rings. The van der Waals surface area contributed by atoms with Crippen molar-refractivity contribution >= 4 is 50.2 Å². The van der Waals surface area contributed by atoms with Gasteiger partial charge in [0.2, 0.25) is 10.9 Å². The van der Waals surface area contributed by atoms with E-state index in [9.17, 15) is 15.2 Å². The summed E-state index contributed by atoms with van der Waals surface area (Å²) in [5, 5.41) is 21.5. The van der Waals surface area contributed by atoms with Gasteiger partial charge < -0.3 is 5.11 Å². The number of fused-ring (bicyclic) bond motifs is 1. The molecule has 3 rings (SSSR count). The summed E-state index contributed by atoms with van der Waals surface area (Å²) in [5.41, 5.74) is 1.66. The lowest BCUT2D eigenvalue weighted by Gasteiger charge is -2.00. The van der Waals surface area contributed by atoms with Crippen molar-refractivity contribution in [3.63, 3.8) is 0 Å². The van der Waals surface area contributed by atoms with Gasteiger partial charge in [-0.3, -0.25) is 10.1 Å². The summed E-state index contributed by atoms with van der Waals surface area (Å²) >= 11 is 7.23. The zero-order valence-electron chi connectivity index (χ0n) is 11.9. The number of aromatic nitrogens is 1. The highest BCUT2D eigenvalue weighted by Gasteiger charge is 2.17. The third-order valence-electron chi connectivity index (χ3n) is 3.13. The number of aliphatic imine (C=N–C) groups is 1. The average molecular weight is 348 g/mol. The largest absolute Gasteiger partial charge is 0.502 e. The number of nitrogens with zero attached hydrogens (tertiary/aromatic N) is 3. The van der Waals surface area contributed by atoms with Crippen LogP contribution in [0.15, 0.2) is 35.3 Å². The van der Waals surface area contributed by atoms with Gasteiger partial charge in [-0.1, -0.05) is 29.0 Å². The lowest BCUT2D eigenvalue weighted by molar-refractivity contribution is -0.385. The molecule has 0 saturated heterocycles. The van der Waals surface area contributed by atoms with Crippen molar-refractivity contribution in [1.29, 1.82) is 0 Å². The molecule has 0 spiro atoms. The monoisotopic (exact) mass is 347 g/mol. The topological polar surface area (TPSA) is 88.6 Å². The maximum absolute atomic E-state index is 10.9. The standard InChI is InChI=1S/C15H10ClN3O3S/c1-8-2-3-11-13(4-8)23-15(18-11)17-7-9-5-10(16)6-12(14(9)20)19(21)22/h2-7,20H,1H3. The highest BCUT2D eigenvalue weighted by molar-refractivity contribution is 7.22. The first-order valence-corrected chi connectivity index (χ1v) is 7.71. The Morgan fingerprint density at radius 2 is 2.17 bits per heavy atom. The van der Waals surface area contributed by atoms with Gasteiger partial charge in [0.05, 0.1) is 15.1 Å². The van der Waals surface area contributed by atoms with Crippen LogP contribution in [-0.4, -0.2) is 21.2 Å². The predicted octanol–water partition coefficient (Wildman–Crippen LogP) is 4.62. The van der Waals surface area contributed by atoms with Gasteiger partial charge in [0.1, 0.15) is 0 Å². The van der Waals surface area contributed by atoms with Crippen LogP contribution in [-0.2, 0) is 0 Å². The quantitative estimate of drug-likeness (QED) is 0.425. The number of nitro benzene ring substituents is 1. The number of hydrogen-bond donors (Lipinski definition) is 1. The Balaban J connectivity index is 2.00. The van der Waals surface area contributed by atoms with Crippen LogP contribution in [0.1, 0.15) is 11.1 Å². The Labute approximate surface area is 139 Å². The van der Waals surface area contributed by atoms with E-state index < -0.39 is 16.4 Å². The second-order valence-corrected chi connectivity index (χ2v) is 6.29. The highest BCUT2D eigenvalue weighted by atomic mass is 35.5. The summed E-state index contributed by atoms with van der Waals surface area (Å²) in [6.45, 7) is 1.99. The van der Waals surface area contributed by atoms with Gasteiger partial charge in [0.25, 0.3) is 0 Å². The molecule has 3 aromatic rings. The molecule has 0 radical (unpaired) electrons. The molecule has 0 bridgehead atoms. The van der Waals surface area contributed by atoms with Crippen molar-refractivity contribution in [2.75, 3.05) is 0 Å². The van der Waals surface area contributed by atoms with E-state index in [2.05, 4.69) is 9.98 Å². The summed E-state index contributed by atoms with van der Waals surface area (Å²) in [6.07, 6.45) is 1.32. The number of aryl methyl sites for hydroxylation is 1. The molecule has 0 unspecified atom stereocenters. The van der Waals surface area contributed by atoms with Gasteiger partial charge in [0.15, 0.2) is 0 Å². The summed E-state index contributed by atoms with van der Waals surface area (Å²) in [5.74, 6) is -0.472. The fraction of sp³-hybridized carbons (Fsp3) is 0.0667. The van der Waals surface area contributed by atoms with Crippen LogP contribution in [0.5, 0.6) is 5.75 Å². The summed E-state index contributed by atoms with van der Waals surface area (Å²) in [4.78, 5) is 18.7. The number of thiazole rings is 1. The van der Waals surface area contributed by atoms with Crippen LogP contribution in [0, 0.1) is 17.0 Å². The Morgan fingerprint density at radius 1 is 1.39 bits per heavy atom. The predicted molar refractivity (Wildman–Crippen MR) is 91.4 cm³/mol. The third-order valence-corrected chi connectivity index (χ3v) is 4.27. The number of phenols is 1. The summed E-state index contributed by atoms with van der Waals surface area (Å²) in [6, 6.07) is 8.37. The molecule has 1 aromatic heterocycles. The first-order valence-electron chi connectivity index (χ1n) is 6.52. The van der Waals surface area contributed by atoms with Gasteiger partial charge in [0, 0.05) is 22.9 Å². The van der Waals surface area contributed by atoms with Gasteiger partial charge in [-0.25, -0.2) is 9.98 Å². The normalized spacial score (nSPS) is 11.4. The van der Waals surface area contributed by atoms with Crippen LogP contribution < -0.4 is 0 Å². The molecular weight excluding hydrogens is 338 g/mol. The molecular formula is C15H10ClN3O3S. The van der Waals surface area contributed by atoms with Crippen molar-refractivity contribution in [1.82, 2.24) is 4.98 Å². The molecule has 1 N–H and O–H groups in total. The van der Waals surface area contributed by atoms with Crippen molar-refractivity contribution < 1.29 is 10.0 Å². The first kappa shape index (κ1) is 15.4. The zero-order valence-corrected chi connectivity index (χ0v) is 13.4. The zero-order chi connectivity index (χ0) is 16.6. The van der Waals surface area contributed by atoms with Gasteiger partial charge in [-0.15, -0.1) is 0 Å². The van der Waals surface area contributed by atoms with Gasteiger partial charge in [-0.2, -0.15) is 0 Å². The number of phenolic OH excluding ortho intramolecular Hbond substituents is 1. The van der Waals surface area contributed by atoms with Crippen LogP contribution in [0.3, 0.4) is 0 Å². The van der Waals surface area contributed by atoms with Crippen LogP contribution in [0.25, 0.3) is 10.2 Å². The molecule has 23 heavy (non-hydrogen) atoms. The Bertz CT molecular complexity index is 953. The lowest BCUT2D eigenvalue weighted by atomic mass is 10.2. The SMILES string of the molecule is Cc1ccc2nc(N=Cc3cc(Cl)cc([N+](=O)[O-])c3O)sc2c1. The smallest absolute Gasteiger partial charge is 0.312 e. The molecule has 0 aliphatic heterocycles. The molecule has 6 nitrogen and oxygen atoms in total. The minimum atomic E-state index is -0.695. The van der Waals surface area contributed by atoms with E-state index in [4.69, 9.17) is 11.6 Å². The van der Waals surface area contributed by atoms with Crippen molar-refractivity contribution in [3.8, 4) is 5.75 Å². The summed E-state index contributed by atoms with van der Waals surface area (Å²) in [7, 11) is 0. The van der Waals surface area contributed by atoms with E-state index in [0.717, 1.165) is 21.8 Å². The van der Waals surface area contributed by atoms with Crippen LogP contribution in [0.4, 0.5) is 10.8 Å². The molecule has 2 aromatic carbocycles. The van der Waals surface area contributed by atoms with E-state index in [-0.39, 0.29) is 10.6 Å². The molecule has 0 aliphatic rings. The second kappa shape index (κ2) is 5.94. The Morgan fingerprint density at radius 3 is 2.91 bits per heavy atom. The molecule has 8 heteroatoms. The van der Waals surface area contributed by atoms with Crippen molar-refractivity contribution in [3.05, 3.63) is 56.6 Å². The van der Waals surface area contributed by atoms with E-state index in [1.165, 1.54) is 23.6 Å². The van der Waals surface area contributed by atoms with Crippen LogP contribution in [0.2, 0.25) is 5.02 Å². The fourth-order valence-electron chi connectivity index (χ4n) is 2.04. The van der Waals surface area contributed by atoms with E-state index in [1.807, 2.05) is 25.1 Å². The number of hydrogen-bond acceptors (Lipinski definition) is 6. The molecule has 0 amide bonds. The lowest BCUT2D eigenvalue weighted by Crippen LogP contribution is -1.92. The van der Waals surface area contributed by atoms with E-state index in [0.29, 0.717) is 5.13 Å². The maximum Gasteiger partial charge on any atom is 0.312 e. The number of nitro groups is 1. The van der Waals surface area contributed by atoms with E-state index in [1.54, 1.807) is 0 Å². The second-order valence-electron chi connectivity index (χ2n) is 4.85. The molecule has 1 heterocycles. The molecule has 0 saturated carbocycles. The minimum Gasteiger partial charge on any atom is -0.502 e. The minimum absolute atomic E-state index is 0.149. The summed E-state index contributed by atoms with van der Waals surface area (Å²) < 4.78 is 0.999. The van der Waals surface area contributed by atoms with Crippen LogP contribution >= 0.6 is 22.9 Å². The first-order chi connectivity index (χ1) is 10.9. The van der Waals surface area contributed by atoms with Crippen molar-refractivity contribution in [2.24, 2.45) is 4.99 Å². The molecule has 0 atom stereocenters. The maximum atomic E-state index is 10.9. The highest BCUT2D eigenvalue weighted by Crippen LogP contribution is 2.33. The van der Waals surface area contributed by atoms with Gasteiger partial charge in [-0.05, 0) is 30.7 Å².